The van der Waals surface area contributed by atoms with Crippen LogP contribution in [0.15, 0.2) is 54.7 Å². The van der Waals surface area contributed by atoms with Crippen LogP contribution < -0.4 is 10.6 Å². The summed E-state index contributed by atoms with van der Waals surface area (Å²) in [5, 5.41) is 14.4. The number of hydrogen-bond acceptors (Lipinski definition) is 5. The van der Waals surface area contributed by atoms with Gasteiger partial charge in [0.15, 0.2) is 0 Å². The van der Waals surface area contributed by atoms with Crippen molar-refractivity contribution < 1.29 is 13.2 Å². The first-order valence-electron chi connectivity index (χ1n) is 7.59. The van der Waals surface area contributed by atoms with Gasteiger partial charge < -0.3 is 10.6 Å². The maximum Gasteiger partial charge on any atom is 0.421 e. The average Bonchev–Trinajstić information content (AvgIpc) is 2.63. The van der Waals surface area contributed by atoms with Crippen LogP contribution in [0.2, 0.25) is 0 Å². The van der Waals surface area contributed by atoms with E-state index in [1.165, 1.54) is 6.07 Å². The molecule has 0 spiro atoms. The van der Waals surface area contributed by atoms with Crippen LogP contribution in [0.25, 0.3) is 0 Å². The highest BCUT2D eigenvalue weighted by atomic mass is 127. The van der Waals surface area contributed by atoms with Gasteiger partial charge in [-0.3, -0.25) is 0 Å². The minimum Gasteiger partial charge on any atom is -0.340 e. The van der Waals surface area contributed by atoms with Crippen LogP contribution in [-0.4, -0.2) is 9.97 Å². The molecule has 136 valence electrons. The minimum absolute atomic E-state index is 0.0168. The second-order valence-electron chi connectivity index (χ2n) is 5.40. The van der Waals surface area contributed by atoms with Gasteiger partial charge >= 0.3 is 6.18 Å². The van der Waals surface area contributed by atoms with Crippen LogP contribution in [0.5, 0.6) is 0 Å². The summed E-state index contributed by atoms with van der Waals surface area (Å²) in [5.74, 6) is -0.385. The Kier molecular flexibility index (Phi) is 5.46. The third-order valence-corrected chi connectivity index (χ3v) is 4.17. The van der Waals surface area contributed by atoms with Gasteiger partial charge in [-0.1, -0.05) is 6.07 Å². The lowest BCUT2D eigenvalue weighted by Gasteiger charge is -2.15. The topological polar surface area (TPSA) is 73.6 Å². The number of hydrogen-bond donors (Lipinski definition) is 2. The van der Waals surface area contributed by atoms with E-state index in [0.29, 0.717) is 16.9 Å². The van der Waals surface area contributed by atoms with Gasteiger partial charge in [-0.15, -0.1) is 0 Å². The molecule has 0 radical (unpaired) electrons. The van der Waals surface area contributed by atoms with Gasteiger partial charge in [0.2, 0.25) is 5.95 Å². The van der Waals surface area contributed by atoms with Crippen LogP contribution in [0.4, 0.5) is 36.3 Å². The molecule has 3 rings (SSSR count). The molecule has 0 aliphatic rings. The van der Waals surface area contributed by atoms with Gasteiger partial charge in [-0.2, -0.15) is 23.4 Å². The standard InChI is InChI=1S/C18H11F3IN5/c19-18(20,21)15-10-24-17(26-13-6-4-12(22)5-7-13)27-16(15)25-14-3-1-2-11(8-14)9-23/h1-8,10H,(H2,24,25,26,27). The van der Waals surface area contributed by atoms with Crippen molar-refractivity contribution in [3.63, 3.8) is 0 Å². The van der Waals surface area contributed by atoms with Crippen molar-refractivity contribution in [3.8, 4) is 6.07 Å². The fraction of sp³-hybridized carbons (Fsp3) is 0.0556. The summed E-state index contributed by atoms with van der Waals surface area (Å²) in [6.07, 6.45) is -3.91. The van der Waals surface area contributed by atoms with Crippen molar-refractivity contribution in [2.24, 2.45) is 0 Å². The lowest BCUT2D eigenvalue weighted by atomic mass is 10.2. The number of alkyl halides is 3. The zero-order valence-electron chi connectivity index (χ0n) is 13.5. The molecule has 0 saturated carbocycles. The molecular formula is C18H11F3IN5. The average molecular weight is 481 g/mol. The molecular weight excluding hydrogens is 470 g/mol. The molecule has 0 fully saturated rings. The number of anilines is 4. The molecule has 0 atom stereocenters. The van der Waals surface area contributed by atoms with Crippen LogP contribution in [0, 0.1) is 14.9 Å². The molecule has 2 N–H and O–H groups in total. The van der Waals surface area contributed by atoms with Crippen LogP contribution in [0.1, 0.15) is 11.1 Å². The third-order valence-electron chi connectivity index (χ3n) is 3.45. The number of nitrogens with zero attached hydrogens (tertiary/aromatic N) is 3. The monoisotopic (exact) mass is 481 g/mol. The number of halogens is 4. The Morgan fingerprint density at radius 2 is 1.74 bits per heavy atom. The third kappa shape index (κ3) is 4.85. The lowest BCUT2D eigenvalue weighted by Crippen LogP contribution is -2.12. The van der Waals surface area contributed by atoms with Crippen LogP contribution in [-0.2, 0) is 6.18 Å². The van der Waals surface area contributed by atoms with E-state index in [1.54, 1.807) is 30.3 Å². The van der Waals surface area contributed by atoms with Gasteiger partial charge in [0.1, 0.15) is 11.4 Å². The van der Waals surface area contributed by atoms with Crippen molar-refractivity contribution in [1.29, 1.82) is 5.26 Å². The molecule has 0 bridgehead atoms. The second kappa shape index (κ2) is 7.79. The van der Waals surface area contributed by atoms with Crippen molar-refractivity contribution in [2.75, 3.05) is 10.6 Å². The Balaban J connectivity index is 1.95. The molecule has 0 amide bonds. The second-order valence-corrected chi connectivity index (χ2v) is 6.65. The summed E-state index contributed by atoms with van der Waals surface area (Å²) in [6.45, 7) is 0. The Labute approximate surface area is 166 Å². The summed E-state index contributed by atoms with van der Waals surface area (Å²) < 4.78 is 40.9. The molecule has 9 heteroatoms. The van der Waals surface area contributed by atoms with E-state index in [9.17, 15) is 13.2 Å². The summed E-state index contributed by atoms with van der Waals surface area (Å²) in [6, 6.07) is 15.3. The number of aromatic nitrogens is 2. The zero-order chi connectivity index (χ0) is 19.4. The Hall–Kier alpha value is -2.87. The molecule has 1 aromatic heterocycles. The maximum absolute atomic E-state index is 13.3. The fourth-order valence-electron chi connectivity index (χ4n) is 2.21. The van der Waals surface area contributed by atoms with Gasteiger partial charge in [0.25, 0.3) is 0 Å². The molecule has 5 nitrogen and oxygen atoms in total. The van der Waals surface area contributed by atoms with Crippen molar-refractivity contribution in [1.82, 2.24) is 9.97 Å². The van der Waals surface area contributed by atoms with E-state index < -0.39 is 17.6 Å². The predicted octanol–water partition coefficient (Wildman–Crippen LogP) is 5.46. The number of nitriles is 1. The highest BCUT2D eigenvalue weighted by Gasteiger charge is 2.35. The summed E-state index contributed by atoms with van der Waals surface area (Å²) in [4.78, 5) is 7.73. The quantitative estimate of drug-likeness (QED) is 0.485. The van der Waals surface area contributed by atoms with Crippen molar-refractivity contribution in [3.05, 3.63) is 69.4 Å². The summed E-state index contributed by atoms with van der Waals surface area (Å²) >= 11 is 2.15. The SMILES string of the molecule is N#Cc1cccc(Nc2nc(Nc3ccc(I)cc3)ncc2C(F)(F)F)c1. The maximum atomic E-state index is 13.3. The largest absolute Gasteiger partial charge is 0.421 e. The molecule has 27 heavy (non-hydrogen) atoms. The van der Waals surface area contributed by atoms with E-state index in [2.05, 4.69) is 43.2 Å². The van der Waals surface area contributed by atoms with Crippen molar-refractivity contribution >= 4 is 45.7 Å². The molecule has 0 aliphatic heterocycles. The fourth-order valence-corrected chi connectivity index (χ4v) is 2.57. The van der Waals surface area contributed by atoms with Crippen molar-refractivity contribution in [2.45, 2.75) is 6.18 Å². The first kappa shape index (κ1) is 18.9. The Morgan fingerprint density at radius 3 is 2.41 bits per heavy atom. The number of rotatable bonds is 4. The molecule has 2 aromatic carbocycles. The predicted molar refractivity (Wildman–Crippen MR) is 104 cm³/mol. The van der Waals surface area contributed by atoms with E-state index >= 15 is 0 Å². The van der Waals surface area contributed by atoms with Crippen LogP contribution in [0.3, 0.4) is 0 Å². The Bertz CT molecular complexity index is 997. The first-order chi connectivity index (χ1) is 12.8. The molecule has 0 unspecified atom stereocenters. The smallest absolute Gasteiger partial charge is 0.340 e. The highest BCUT2D eigenvalue weighted by molar-refractivity contribution is 14.1. The molecule has 1 heterocycles. The molecule has 0 saturated heterocycles. The van der Waals surface area contributed by atoms with E-state index in [0.717, 1.165) is 9.77 Å². The normalized spacial score (nSPS) is 10.9. The number of nitrogens with one attached hydrogen (secondary N) is 2. The molecule has 3 aromatic rings. The lowest BCUT2D eigenvalue weighted by molar-refractivity contribution is -0.137. The van der Waals surface area contributed by atoms with E-state index in [4.69, 9.17) is 5.26 Å². The Morgan fingerprint density at radius 1 is 1.00 bits per heavy atom. The van der Waals surface area contributed by atoms with E-state index in [1.807, 2.05) is 18.2 Å². The summed E-state index contributed by atoms with van der Waals surface area (Å²) in [7, 11) is 0. The summed E-state index contributed by atoms with van der Waals surface area (Å²) in [5.41, 5.74) is 0.281. The van der Waals surface area contributed by atoms with Gasteiger partial charge in [-0.25, -0.2) is 4.98 Å². The van der Waals surface area contributed by atoms with Gasteiger partial charge in [-0.05, 0) is 65.1 Å². The first-order valence-corrected chi connectivity index (χ1v) is 8.67. The molecule has 0 aliphatic carbocycles. The van der Waals surface area contributed by atoms with Gasteiger partial charge in [0, 0.05) is 21.1 Å². The minimum atomic E-state index is -4.63. The van der Waals surface area contributed by atoms with Crippen LogP contribution >= 0.6 is 22.6 Å². The highest BCUT2D eigenvalue weighted by Crippen LogP contribution is 2.35. The number of benzene rings is 2. The van der Waals surface area contributed by atoms with Gasteiger partial charge in [0.05, 0.1) is 11.6 Å². The van der Waals surface area contributed by atoms with E-state index in [-0.39, 0.29) is 5.95 Å². The zero-order valence-corrected chi connectivity index (χ0v) is 15.7.